The number of pyridine rings is 1. The van der Waals surface area contributed by atoms with E-state index in [1.165, 1.54) is 44.4 Å². The van der Waals surface area contributed by atoms with Crippen LogP contribution in [-0.4, -0.2) is 9.38 Å². The van der Waals surface area contributed by atoms with Crippen molar-refractivity contribution in [2.24, 2.45) is 5.92 Å². The van der Waals surface area contributed by atoms with Gasteiger partial charge in [-0.1, -0.05) is 32.1 Å². The Morgan fingerprint density at radius 1 is 1.28 bits per heavy atom. The third-order valence-corrected chi connectivity index (χ3v) is 3.90. The van der Waals surface area contributed by atoms with E-state index >= 15 is 0 Å². The fraction of sp³-hybridized carbons (Fsp3) is 0.500. The monoisotopic (exact) mass is 247 g/mol. The van der Waals surface area contributed by atoms with Gasteiger partial charge in [0, 0.05) is 6.20 Å². The van der Waals surface area contributed by atoms with Gasteiger partial charge in [0.05, 0.1) is 5.69 Å². The van der Waals surface area contributed by atoms with E-state index in [2.05, 4.69) is 4.98 Å². The van der Waals surface area contributed by atoms with E-state index in [9.17, 15) is 4.39 Å². The Hall–Kier alpha value is -1.58. The van der Waals surface area contributed by atoms with Crippen LogP contribution < -0.4 is 5.73 Å². The zero-order valence-electron chi connectivity index (χ0n) is 10.4. The minimum atomic E-state index is -0.282. The van der Waals surface area contributed by atoms with Crippen molar-refractivity contribution in [2.75, 3.05) is 5.73 Å². The molecule has 96 valence electrons. The highest BCUT2D eigenvalue weighted by Gasteiger charge is 2.18. The minimum absolute atomic E-state index is 0.282. The van der Waals surface area contributed by atoms with Gasteiger partial charge in [0.25, 0.3) is 0 Å². The molecule has 1 fully saturated rings. The zero-order chi connectivity index (χ0) is 12.5. The molecule has 0 amide bonds. The summed E-state index contributed by atoms with van der Waals surface area (Å²) in [4.78, 5) is 4.52. The Morgan fingerprint density at radius 2 is 2.06 bits per heavy atom. The van der Waals surface area contributed by atoms with Crippen LogP contribution in [0.4, 0.5) is 10.2 Å². The molecule has 3 rings (SSSR count). The van der Waals surface area contributed by atoms with Crippen molar-refractivity contribution in [2.45, 2.75) is 38.5 Å². The highest BCUT2D eigenvalue weighted by molar-refractivity contribution is 5.52. The number of anilines is 1. The smallest absolute Gasteiger partial charge is 0.140 e. The van der Waals surface area contributed by atoms with Crippen LogP contribution in [0.3, 0.4) is 0 Å². The van der Waals surface area contributed by atoms with Gasteiger partial charge >= 0.3 is 0 Å². The Kier molecular flexibility index (Phi) is 2.94. The summed E-state index contributed by atoms with van der Waals surface area (Å²) in [5, 5.41) is 0. The molecule has 2 aromatic heterocycles. The van der Waals surface area contributed by atoms with Crippen molar-refractivity contribution in [3.63, 3.8) is 0 Å². The van der Waals surface area contributed by atoms with E-state index in [0.717, 1.165) is 17.8 Å². The summed E-state index contributed by atoms with van der Waals surface area (Å²) in [5.74, 6) is 1.00. The third kappa shape index (κ3) is 2.07. The van der Waals surface area contributed by atoms with Gasteiger partial charge in [0.2, 0.25) is 0 Å². The summed E-state index contributed by atoms with van der Waals surface area (Å²) < 4.78 is 14.8. The standard InChI is InChI=1S/C14H18FN3/c15-11-6-7-13-17-12(14(16)18(13)9-11)8-10-4-2-1-3-5-10/h6-7,9-10H,1-5,8,16H2. The van der Waals surface area contributed by atoms with E-state index in [0.29, 0.717) is 11.7 Å². The normalized spacial score (nSPS) is 17.4. The maximum absolute atomic E-state index is 13.2. The number of halogens is 1. The lowest BCUT2D eigenvalue weighted by atomic mass is 9.86. The van der Waals surface area contributed by atoms with E-state index in [4.69, 9.17) is 5.73 Å². The van der Waals surface area contributed by atoms with E-state index in [-0.39, 0.29) is 5.82 Å². The van der Waals surface area contributed by atoms with Crippen LogP contribution in [-0.2, 0) is 6.42 Å². The topological polar surface area (TPSA) is 43.3 Å². The molecule has 0 aliphatic heterocycles. The van der Waals surface area contributed by atoms with Crippen molar-refractivity contribution in [3.8, 4) is 0 Å². The Bertz CT molecular complexity index is 555. The van der Waals surface area contributed by atoms with Crippen LogP contribution in [0.15, 0.2) is 18.3 Å². The van der Waals surface area contributed by atoms with Crippen LogP contribution in [0, 0.1) is 11.7 Å². The SMILES string of the molecule is Nc1c(CC2CCCCC2)nc2ccc(F)cn12. The number of hydrogen-bond donors (Lipinski definition) is 1. The summed E-state index contributed by atoms with van der Waals surface area (Å²) in [6.07, 6.45) is 8.84. The summed E-state index contributed by atoms with van der Waals surface area (Å²) in [5.41, 5.74) is 7.72. The first-order valence-electron chi connectivity index (χ1n) is 6.66. The molecule has 0 atom stereocenters. The molecule has 0 radical (unpaired) electrons. The lowest BCUT2D eigenvalue weighted by molar-refractivity contribution is 0.355. The summed E-state index contributed by atoms with van der Waals surface area (Å²) >= 11 is 0. The average Bonchev–Trinajstić information content (AvgIpc) is 2.68. The number of nitrogens with two attached hydrogens (primary N) is 1. The van der Waals surface area contributed by atoms with Gasteiger partial charge in [-0.05, 0) is 24.5 Å². The van der Waals surface area contributed by atoms with Crippen LogP contribution in [0.25, 0.3) is 5.65 Å². The summed E-state index contributed by atoms with van der Waals surface area (Å²) in [6, 6.07) is 3.10. The maximum atomic E-state index is 13.2. The number of imidazole rings is 1. The zero-order valence-corrected chi connectivity index (χ0v) is 10.4. The van der Waals surface area contributed by atoms with Crippen LogP contribution in [0.2, 0.25) is 0 Å². The third-order valence-electron chi connectivity index (χ3n) is 3.90. The molecule has 0 bridgehead atoms. The van der Waals surface area contributed by atoms with Crippen molar-refractivity contribution >= 4 is 11.5 Å². The maximum Gasteiger partial charge on any atom is 0.140 e. The van der Waals surface area contributed by atoms with Gasteiger partial charge in [-0.25, -0.2) is 9.37 Å². The molecule has 0 saturated heterocycles. The highest BCUT2D eigenvalue weighted by atomic mass is 19.1. The Balaban J connectivity index is 1.89. The van der Waals surface area contributed by atoms with E-state index < -0.39 is 0 Å². The Morgan fingerprint density at radius 3 is 2.83 bits per heavy atom. The molecule has 4 heteroatoms. The summed E-state index contributed by atoms with van der Waals surface area (Å²) in [6.45, 7) is 0. The second kappa shape index (κ2) is 4.59. The second-order valence-corrected chi connectivity index (χ2v) is 5.23. The molecule has 2 N–H and O–H groups in total. The molecule has 2 heterocycles. The number of nitrogens with zero attached hydrogens (tertiary/aromatic N) is 2. The number of fused-ring (bicyclic) bond motifs is 1. The largest absolute Gasteiger partial charge is 0.383 e. The molecule has 1 aliphatic carbocycles. The molecule has 18 heavy (non-hydrogen) atoms. The predicted molar refractivity (Wildman–Crippen MR) is 69.8 cm³/mol. The lowest BCUT2D eigenvalue weighted by Gasteiger charge is -2.20. The fourth-order valence-corrected chi connectivity index (χ4v) is 2.90. The van der Waals surface area contributed by atoms with E-state index in [1.54, 1.807) is 10.5 Å². The summed E-state index contributed by atoms with van der Waals surface area (Å²) in [7, 11) is 0. The lowest BCUT2D eigenvalue weighted by Crippen LogP contribution is -2.10. The fourth-order valence-electron chi connectivity index (χ4n) is 2.90. The molecule has 1 saturated carbocycles. The average molecular weight is 247 g/mol. The van der Waals surface area contributed by atoms with Gasteiger partial charge in [0.1, 0.15) is 17.3 Å². The predicted octanol–water partition coefficient (Wildman–Crippen LogP) is 3.18. The molecule has 0 spiro atoms. The number of hydrogen-bond acceptors (Lipinski definition) is 2. The van der Waals surface area contributed by atoms with Gasteiger partial charge < -0.3 is 5.73 Å². The van der Waals surface area contributed by atoms with Crippen LogP contribution in [0.5, 0.6) is 0 Å². The van der Waals surface area contributed by atoms with Gasteiger partial charge in [0.15, 0.2) is 0 Å². The number of rotatable bonds is 2. The van der Waals surface area contributed by atoms with E-state index in [1.807, 2.05) is 0 Å². The Labute approximate surface area is 106 Å². The molecule has 2 aromatic rings. The highest BCUT2D eigenvalue weighted by Crippen LogP contribution is 2.28. The number of nitrogen functional groups attached to an aromatic ring is 1. The number of aromatic nitrogens is 2. The van der Waals surface area contributed by atoms with Crippen LogP contribution in [0.1, 0.15) is 37.8 Å². The quantitative estimate of drug-likeness (QED) is 0.885. The van der Waals surface area contributed by atoms with Crippen LogP contribution >= 0.6 is 0 Å². The van der Waals surface area contributed by atoms with Crippen molar-refractivity contribution in [3.05, 3.63) is 29.8 Å². The minimum Gasteiger partial charge on any atom is -0.383 e. The molecular weight excluding hydrogens is 229 g/mol. The second-order valence-electron chi connectivity index (χ2n) is 5.23. The van der Waals surface area contributed by atoms with Crippen molar-refractivity contribution < 1.29 is 4.39 Å². The van der Waals surface area contributed by atoms with Gasteiger partial charge in [-0.3, -0.25) is 4.40 Å². The van der Waals surface area contributed by atoms with Crippen molar-refractivity contribution in [1.82, 2.24) is 9.38 Å². The first-order valence-corrected chi connectivity index (χ1v) is 6.66. The molecular formula is C14H18FN3. The first kappa shape index (κ1) is 11.5. The molecule has 0 unspecified atom stereocenters. The molecule has 3 nitrogen and oxygen atoms in total. The molecule has 0 aromatic carbocycles. The first-order chi connectivity index (χ1) is 8.74. The molecule has 1 aliphatic rings. The van der Waals surface area contributed by atoms with Gasteiger partial charge in [-0.2, -0.15) is 0 Å². The van der Waals surface area contributed by atoms with Gasteiger partial charge in [-0.15, -0.1) is 0 Å². The van der Waals surface area contributed by atoms with Crippen molar-refractivity contribution in [1.29, 1.82) is 0 Å².